The summed E-state index contributed by atoms with van der Waals surface area (Å²) in [6.07, 6.45) is 2.07. The molecule has 1 nitrogen and oxygen atoms in total. The van der Waals surface area contributed by atoms with Crippen molar-refractivity contribution >= 4 is 11.6 Å². The van der Waals surface area contributed by atoms with Gasteiger partial charge in [-0.2, -0.15) is 0 Å². The molecule has 0 spiro atoms. The minimum absolute atomic E-state index is 0.0775. The van der Waals surface area contributed by atoms with Crippen LogP contribution in [0.1, 0.15) is 38.3 Å². The SMILES string of the molecule is CCC(NC1CC1C)c1cccc(Cl)c1F. The molecule has 3 heteroatoms. The summed E-state index contributed by atoms with van der Waals surface area (Å²) in [4.78, 5) is 0. The van der Waals surface area contributed by atoms with Crippen LogP contribution in [-0.2, 0) is 0 Å². The van der Waals surface area contributed by atoms with Crippen molar-refractivity contribution < 1.29 is 4.39 Å². The molecule has 1 fully saturated rings. The van der Waals surface area contributed by atoms with Gasteiger partial charge in [0.25, 0.3) is 0 Å². The predicted octanol–water partition coefficient (Wildman–Crippen LogP) is 3.93. The fourth-order valence-corrected chi connectivity index (χ4v) is 2.21. The monoisotopic (exact) mass is 241 g/mol. The number of hydrogen-bond donors (Lipinski definition) is 1. The van der Waals surface area contributed by atoms with Crippen molar-refractivity contribution in [3.05, 3.63) is 34.6 Å². The van der Waals surface area contributed by atoms with Gasteiger partial charge in [-0.05, 0) is 24.8 Å². The summed E-state index contributed by atoms with van der Waals surface area (Å²) < 4.78 is 13.8. The standard InChI is InChI=1S/C13H17ClFN/c1-3-11(16-12-7-8(12)2)9-5-4-6-10(14)13(9)15/h4-6,8,11-12,16H,3,7H2,1-2H3. The first kappa shape index (κ1) is 11.9. The van der Waals surface area contributed by atoms with Crippen molar-refractivity contribution in [2.45, 2.75) is 38.8 Å². The summed E-state index contributed by atoms with van der Waals surface area (Å²) in [6.45, 7) is 4.27. The third kappa shape index (κ3) is 2.38. The second-order valence-corrected chi connectivity index (χ2v) is 5.00. The second-order valence-electron chi connectivity index (χ2n) is 4.59. The summed E-state index contributed by atoms with van der Waals surface area (Å²) in [6, 6.07) is 5.83. The van der Waals surface area contributed by atoms with E-state index in [2.05, 4.69) is 19.2 Å². The van der Waals surface area contributed by atoms with E-state index in [1.165, 1.54) is 6.42 Å². The molecule has 0 bridgehead atoms. The van der Waals surface area contributed by atoms with Crippen LogP contribution in [0.15, 0.2) is 18.2 Å². The lowest BCUT2D eigenvalue weighted by atomic mass is 10.0. The van der Waals surface area contributed by atoms with Gasteiger partial charge >= 0.3 is 0 Å². The minimum Gasteiger partial charge on any atom is -0.307 e. The quantitative estimate of drug-likeness (QED) is 0.842. The highest BCUT2D eigenvalue weighted by Crippen LogP contribution is 2.33. The van der Waals surface area contributed by atoms with Crippen molar-refractivity contribution in [1.29, 1.82) is 0 Å². The van der Waals surface area contributed by atoms with Crippen LogP contribution in [0.2, 0.25) is 5.02 Å². The Labute approximate surface area is 101 Å². The highest BCUT2D eigenvalue weighted by molar-refractivity contribution is 6.30. The Balaban J connectivity index is 2.16. The molecule has 0 saturated heterocycles. The van der Waals surface area contributed by atoms with Gasteiger partial charge in [0.2, 0.25) is 0 Å². The summed E-state index contributed by atoms with van der Waals surface area (Å²) in [5.74, 6) is 0.438. The van der Waals surface area contributed by atoms with Crippen LogP contribution in [0.4, 0.5) is 4.39 Å². The lowest BCUT2D eigenvalue weighted by Crippen LogP contribution is -2.24. The Hall–Kier alpha value is -0.600. The first-order chi connectivity index (χ1) is 7.63. The zero-order chi connectivity index (χ0) is 11.7. The van der Waals surface area contributed by atoms with Crippen molar-refractivity contribution in [3.63, 3.8) is 0 Å². The lowest BCUT2D eigenvalue weighted by molar-refractivity contribution is 0.476. The Morgan fingerprint density at radius 1 is 1.56 bits per heavy atom. The van der Waals surface area contributed by atoms with Gasteiger partial charge in [-0.1, -0.05) is 37.6 Å². The normalized spacial score (nSPS) is 25.5. The predicted molar refractivity (Wildman–Crippen MR) is 65.1 cm³/mol. The van der Waals surface area contributed by atoms with Crippen molar-refractivity contribution in [2.75, 3.05) is 0 Å². The van der Waals surface area contributed by atoms with Crippen LogP contribution in [0.25, 0.3) is 0 Å². The van der Waals surface area contributed by atoms with Gasteiger partial charge in [0.05, 0.1) is 5.02 Å². The highest BCUT2D eigenvalue weighted by atomic mass is 35.5. The van der Waals surface area contributed by atoms with Gasteiger partial charge in [0, 0.05) is 17.6 Å². The zero-order valence-electron chi connectivity index (χ0n) is 9.63. The first-order valence-corrected chi connectivity index (χ1v) is 6.21. The van der Waals surface area contributed by atoms with Crippen molar-refractivity contribution in [2.24, 2.45) is 5.92 Å². The molecule has 0 aromatic heterocycles. The van der Waals surface area contributed by atoms with Crippen molar-refractivity contribution in [1.82, 2.24) is 5.32 Å². The summed E-state index contributed by atoms with van der Waals surface area (Å²) in [5, 5.41) is 3.69. The molecule has 1 aliphatic rings. The number of rotatable bonds is 4. The molecule has 1 aromatic rings. The van der Waals surface area contributed by atoms with Crippen molar-refractivity contribution in [3.8, 4) is 0 Å². The molecule has 0 heterocycles. The fraction of sp³-hybridized carbons (Fsp3) is 0.538. The minimum atomic E-state index is -0.281. The van der Waals surface area contributed by atoms with Gasteiger partial charge in [0.1, 0.15) is 5.82 Å². The molecule has 0 aliphatic heterocycles. The topological polar surface area (TPSA) is 12.0 Å². The van der Waals surface area contributed by atoms with E-state index in [1.54, 1.807) is 12.1 Å². The second kappa shape index (κ2) is 4.72. The van der Waals surface area contributed by atoms with E-state index < -0.39 is 0 Å². The maximum absolute atomic E-state index is 13.8. The highest BCUT2D eigenvalue weighted by Gasteiger charge is 2.34. The molecule has 88 valence electrons. The molecular weight excluding hydrogens is 225 g/mol. The van der Waals surface area contributed by atoms with E-state index in [0.29, 0.717) is 11.6 Å². The Kier molecular flexibility index (Phi) is 3.50. The largest absolute Gasteiger partial charge is 0.307 e. The van der Waals surface area contributed by atoms with Gasteiger partial charge in [-0.25, -0.2) is 4.39 Å². The average molecular weight is 242 g/mol. The van der Waals surface area contributed by atoms with E-state index in [0.717, 1.165) is 12.3 Å². The number of benzene rings is 1. The van der Waals surface area contributed by atoms with Gasteiger partial charge < -0.3 is 5.32 Å². The van der Waals surface area contributed by atoms with E-state index in [4.69, 9.17) is 11.6 Å². The van der Waals surface area contributed by atoms with E-state index in [1.807, 2.05) is 6.07 Å². The van der Waals surface area contributed by atoms with Gasteiger partial charge in [-0.3, -0.25) is 0 Å². The Morgan fingerprint density at radius 3 is 2.81 bits per heavy atom. The molecule has 0 amide bonds. The van der Waals surface area contributed by atoms with Crippen LogP contribution in [0.5, 0.6) is 0 Å². The fourth-order valence-electron chi connectivity index (χ4n) is 2.03. The third-order valence-corrected chi connectivity index (χ3v) is 3.58. The zero-order valence-corrected chi connectivity index (χ0v) is 10.4. The van der Waals surface area contributed by atoms with Crippen LogP contribution in [0.3, 0.4) is 0 Å². The van der Waals surface area contributed by atoms with E-state index in [9.17, 15) is 4.39 Å². The summed E-state index contributed by atoms with van der Waals surface area (Å²) in [7, 11) is 0. The first-order valence-electron chi connectivity index (χ1n) is 5.83. The maximum Gasteiger partial charge on any atom is 0.146 e. The van der Waals surface area contributed by atoms with Gasteiger partial charge in [-0.15, -0.1) is 0 Å². The molecule has 1 aromatic carbocycles. The van der Waals surface area contributed by atoms with Crippen LogP contribution >= 0.6 is 11.6 Å². The number of hydrogen-bond acceptors (Lipinski definition) is 1. The smallest absolute Gasteiger partial charge is 0.146 e. The Bertz CT molecular complexity index is 380. The summed E-state index contributed by atoms with van der Waals surface area (Å²) in [5.41, 5.74) is 0.689. The van der Waals surface area contributed by atoms with E-state index in [-0.39, 0.29) is 16.9 Å². The maximum atomic E-state index is 13.8. The van der Waals surface area contributed by atoms with Gasteiger partial charge in [0.15, 0.2) is 0 Å². The average Bonchev–Trinajstić information content (AvgIpc) is 2.95. The molecule has 0 radical (unpaired) electrons. The molecule has 1 N–H and O–H groups in total. The molecule has 3 unspecified atom stereocenters. The number of nitrogens with one attached hydrogen (secondary N) is 1. The van der Waals surface area contributed by atoms with Crippen LogP contribution < -0.4 is 5.32 Å². The number of halogens is 2. The molecule has 3 atom stereocenters. The van der Waals surface area contributed by atoms with E-state index >= 15 is 0 Å². The molecule has 1 saturated carbocycles. The third-order valence-electron chi connectivity index (χ3n) is 3.29. The van der Waals surface area contributed by atoms with Crippen LogP contribution in [0, 0.1) is 11.7 Å². The molecule has 2 rings (SSSR count). The Morgan fingerprint density at radius 2 is 2.25 bits per heavy atom. The molecular formula is C13H17ClFN. The molecule has 16 heavy (non-hydrogen) atoms. The lowest BCUT2D eigenvalue weighted by Gasteiger charge is -2.18. The summed E-state index contributed by atoms with van der Waals surface area (Å²) >= 11 is 5.79. The molecule has 1 aliphatic carbocycles. The van der Waals surface area contributed by atoms with Crippen LogP contribution in [-0.4, -0.2) is 6.04 Å².